The van der Waals surface area contributed by atoms with Gasteiger partial charge in [-0.2, -0.15) is 0 Å². The second-order valence-corrected chi connectivity index (χ2v) is 5.22. The molecule has 3 unspecified atom stereocenters. The third-order valence-electron chi connectivity index (χ3n) is 3.87. The molecule has 68 valence electrons. The summed E-state index contributed by atoms with van der Waals surface area (Å²) in [6, 6.07) is 0. The highest BCUT2D eigenvalue weighted by Crippen LogP contribution is 2.63. The van der Waals surface area contributed by atoms with Gasteiger partial charge in [-0.25, -0.2) is 0 Å². The Kier molecular flexibility index (Phi) is 1.32. The Hall–Kier alpha value is -0.370. The highest BCUT2D eigenvalue weighted by atomic mass is 16.3. The van der Waals surface area contributed by atoms with Crippen molar-refractivity contribution in [2.45, 2.75) is 39.7 Å². The van der Waals surface area contributed by atoms with Crippen LogP contribution in [0.3, 0.4) is 0 Å². The molecule has 2 saturated carbocycles. The fourth-order valence-electron chi connectivity index (χ4n) is 3.33. The van der Waals surface area contributed by atoms with Gasteiger partial charge in [-0.15, -0.1) is 0 Å². The van der Waals surface area contributed by atoms with Gasteiger partial charge in [0.1, 0.15) is 5.78 Å². The van der Waals surface area contributed by atoms with E-state index in [0.717, 1.165) is 6.42 Å². The van der Waals surface area contributed by atoms with E-state index >= 15 is 0 Å². The molecule has 0 aromatic heterocycles. The normalized spacial score (nSPS) is 50.2. The van der Waals surface area contributed by atoms with Crippen molar-refractivity contribution in [2.75, 3.05) is 0 Å². The quantitative estimate of drug-likeness (QED) is 0.593. The van der Waals surface area contributed by atoms with Crippen LogP contribution in [0, 0.1) is 16.7 Å². The van der Waals surface area contributed by atoms with Crippen molar-refractivity contribution in [3.05, 3.63) is 0 Å². The number of aliphatic hydroxyl groups excluding tert-OH is 1. The van der Waals surface area contributed by atoms with Gasteiger partial charge in [0.15, 0.2) is 0 Å². The standard InChI is InChI=1S/C10H16O2/c1-9(2)7(12)5-10(3)4-6(11)8(9)10/h6,8,11H,4-5H2,1-3H3. The van der Waals surface area contributed by atoms with E-state index in [4.69, 9.17) is 0 Å². The Bertz CT molecular complexity index is 244. The summed E-state index contributed by atoms with van der Waals surface area (Å²) in [4.78, 5) is 11.6. The number of carbonyl (C=O) groups excluding carboxylic acids is 1. The second kappa shape index (κ2) is 1.92. The first-order valence-corrected chi connectivity index (χ1v) is 4.59. The van der Waals surface area contributed by atoms with E-state index in [9.17, 15) is 9.90 Å². The van der Waals surface area contributed by atoms with Gasteiger partial charge in [0.2, 0.25) is 0 Å². The van der Waals surface area contributed by atoms with Crippen LogP contribution in [0.4, 0.5) is 0 Å². The average Bonchev–Trinajstić information content (AvgIpc) is 1.95. The molecule has 3 atom stereocenters. The number of hydrogen-bond donors (Lipinski definition) is 1. The highest BCUT2D eigenvalue weighted by molar-refractivity contribution is 5.88. The molecule has 0 spiro atoms. The zero-order chi connectivity index (χ0) is 9.15. The molecule has 0 radical (unpaired) electrons. The molecular weight excluding hydrogens is 152 g/mol. The Morgan fingerprint density at radius 2 is 2.00 bits per heavy atom. The van der Waals surface area contributed by atoms with Gasteiger partial charge in [0.05, 0.1) is 6.10 Å². The van der Waals surface area contributed by atoms with Crippen LogP contribution in [0.15, 0.2) is 0 Å². The van der Waals surface area contributed by atoms with Crippen molar-refractivity contribution in [2.24, 2.45) is 16.7 Å². The molecule has 2 rings (SSSR count). The van der Waals surface area contributed by atoms with Gasteiger partial charge < -0.3 is 5.11 Å². The lowest BCUT2D eigenvalue weighted by atomic mass is 9.56. The van der Waals surface area contributed by atoms with Gasteiger partial charge in [-0.1, -0.05) is 20.8 Å². The SMILES string of the molecule is CC12CC(=O)C(C)(C)C1C(O)C2. The van der Waals surface area contributed by atoms with Crippen LogP contribution in [0.5, 0.6) is 0 Å². The fourth-order valence-corrected chi connectivity index (χ4v) is 3.33. The maximum atomic E-state index is 11.6. The van der Waals surface area contributed by atoms with E-state index in [1.54, 1.807) is 0 Å². The van der Waals surface area contributed by atoms with Crippen LogP contribution >= 0.6 is 0 Å². The van der Waals surface area contributed by atoms with E-state index in [-0.39, 0.29) is 22.9 Å². The molecule has 2 fully saturated rings. The Balaban J connectivity index is 2.36. The zero-order valence-electron chi connectivity index (χ0n) is 7.92. The van der Waals surface area contributed by atoms with E-state index in [0.29, 0.717) is 12.2 Å². The molecule has 0 aromatic rings. The molecule has 2 aliphatic rings. The molecule has 0 amide bonds. The van der Waals surface area contributed by atoms with Crippen LogP contribution in [0.2, 0.25) is 0 Å². The first kappa shape index (κ1) is 8.24. The van der Waals surface area contributed by atoms with Crippen molar-refractivity contribution >= 4 is 5.78 Å². The molecule has 1 N–H and O–H groups in total. The lowest BCUT2D eigenvalue weighted by Crippen LogP contribution is -2.51. The molecule has 12 heavy (non-hydrogen) atoms. The van der Waals surface area contributed by atoms with Crippen LogP contribution in [0.25, 0.3) is 0 Å². The highest BCUT2D eigenvalue weighted by Gasteiger charge is 2.64. The summed E-state index contributed by atoms with van der Waals surface area (Å²) in [6.07, 6.45) is 1.24. The van der Waals surface area contributed by atoms with Crippen molar-refractivity contribution in [3.63, 3.8) is 0 Å². The Morgan fingerprint density at radius 3 is 2.33 bits per heavy atom. The van der Waals surface area contributed by atoms with Gasteiger partial charge in [-0.3, -0.25) is 4.79 Å². The van der Waals surface area contributed by atoms with E-state index in [1.165, 1.54) is 0 Å². The Labute approximate surface area is 73.0 Å². The minimum Gasteiger partial charge on any atom is -0.393 e. The van der Waals surface area contributed by atoms with Gasteiger partial charge in [-0.05, 0) is 11.8 Å². The third-order valence-corrected chi connectivity index (χ3v) is 3.87. The third kappa shape index (κ3) is 0.717. The Morgan fingerprint density at radius 1 is 1.42 bits per heavy atom. The number of fused-ring (bicyclic) bond motifs is 1. The lowest BCUT2D eigenvalue weighted by Gasteiger charge is -2.50. The summed E-state index contributed by atoms with van der Waals surface area (Å²) in [7, 11) is 0. The van der Waals surface area contributed by atoms with Crippen molar-refractivity contribution in [1.82, 2.24) is 0 Å². The van der Waals surface area contributed by atoms with Gasteiger partial charge in [0.25, 0.3) is 0 Å². The van der Waals surface area contributed by atoms with Gasteiger partial charge in [0, 0.05) is 17.8 Å². The summed E-state index contributed by atoms with van der Waals surface area (Å²) in [5, 5.41) is 9.58. The number of ketones is 1. The first-order valence-electron chi connectivity index (χ1n) is 4.59. The van der Waals surface area contributed by atoms with Crippen LogP contribution < -0.4 is 0 Å². The lowest BCUT2D eigenvalue weighted by molar-refractivity contribution is -0.132. The van der Waals surface area contributed by atoms with Crippen molar-refractivity contribution in [3.8, 4) is 0 Å². The van der Waals surface area contributed by atoms with Crippen molar-refractivity contribution in [1.29, 1.82) is 0 Å². The zero-order valence-corrected chi connectivity index (χ0v) is 7.92. The largest absolute Gasteiger partial charge is 0.393 e. The topological polar surface area (TPSA) is 37.3 Å². The summed E-state index contributed by atoms with van der Waals surface area (Å²) in [6.45, 7) is 6.05. The first-order chi connectivity index (χ1) is 5.38. The number of rotatable bonds is 0. The summed E-state index contributed by atoms with van der Waals surface area (Å²) in [5.74, 6) is 0.532. The summed E-state index contributed by atoms with van der Waals surface area (Å²) in [5.41, 5.74) is -0.174. The maximum absolute atomic E-state index is 11.6. The van der Waals surface area contributed by atoms with Gasteiger partial charge >= 0.3 is 0 Å². The number of hydrogen-bond acceptors (Lipinski definition) is 2. The monoisotopic (exact) mass is 168 g/mol. The van der Waals surface area contributed by atoms with Crippen LogP contribution in [-0.4, -0.2) is 17.0 Å². The maximum Gasteiger partial charge on any atom is 0.139 e. The molecule has 0 aliphatic heterocycles. The molecule has 2 nitrogen and oxygen atoms in total. The molecule has 0 aromatic carbocycles. The minimum absolute atomic E-state index is 0.111. The molecule has 0 saturated heterocycles. The van der Waals surface area contributed by atoms with Crippen LogP contribution in [-0.2, 0) is 4.79 Å². The minimum atomic E-state index is -0.285. The van der Waals surface area contributed by atoms with E-state index in [2.05, 4.69) is 6.92 Å². The number of carbonyl (C=O) groups is 1. The second-order valence-electron chi connectivity index (χ2n) is 5.22. The fraction of sp³-hybridized carbons (Fsp3) is 0.900. The number of aliphatic hydroxyl groups is 1. The molecule has 2 heteroatoms. The van der Waals surface area contributed by atoms with E-state index in [1.807, 2.05) is 13.8 Å². The summed E-state index contributed by atoms with van der Waals surface area (Å²) < 4.78 is 0. The predicted molar refractivity (Wildman–Crippen MR) is 45.6 cm³/mol. The molecule has 0 bridgehead atoms. The summed E-state index contributed by atoms with van der Waals surface area (Å²) >= 11 is 0. The van der Waals surface area contributed by atoms with Crippen molar-refractivity contribution < 1.29 is 9.90 Å². The molecule has 2 aliphatic carbocycles. The molecule has 0 heterocycles. The van der Waals surface area contributed by atoms with Crippen LogP contribution in [0.1, 0.15) is 33.6 Å². The van der Waals surface area contributed by atoms with E-state index < -0.39 is 0 Å². The average molecular weight is 168 g/mol. The predicted octanol–water partition coefficient (Wildman–Crippen LogP) is 1.37. The molecular formula is C10H16O2. The smallest absolute Gasteiger partial charge is 0.139 e. The number of Topliss-reactive ketones (excluding diaryl/α,β-unsaturated/α-hetero) is 1.